The molecule has 86 valence electrons. The van der Waals surface area contributed by atoms with Crippen molar-refractivity contribution < 1.29 is 0 Å². The van der Waals surface area contributed by atoms with Crippen LogP contribution < -0.4 is 5.73 Å². The molecule has 2 N–H and O–H groups in total. The average molecular weight is 330 g/mol. The van der Waals surface area contributed by atoms with Gasteiger partial charge in [-0.15, -0.1) is 0 Å². The molecule has 0 spiro atoms. The topological polar surface area (TPSA) is 74.8 Å². The lowest BCUT2D eigenvalue weighted by atomic mass is 9.93. The molecule has 0 heterocycles. The van der Waals surface area contributed by atoms with E-state index in [0.29, 0.717) is 13.1 Å². The molecule has 1 aromatic rings. The van der Waals surface area contributed by atoms with Gasteiger partial charge in [-0.1, -0.05) is 5.11 Å². The van der Waals surface area contributed by atoms with E-state index in [0.717, 1.165) is 16.7 Å². The molecule has 5 heteroatoms. The van der Waals surface area contributed by atoms with Gasteiger partial charge in [-0.2, -0.15) is 0 Å². The molecule has 0 aliphatic rings. The lowest BCUT2D eigenvalue weighted by molar-refractivity contribution is 0.952. The summed E-state index contributed by atoms with van der Waals surface area (Å²) in [6.07, 6.45) is 0. The smallest absolute Gasteiger partial charge is 0.0516 e. The molecule has 0 aromatic heterocycles. The minimum Gasteiger partial charge on any atom is -0.326 e. The zero-order valence-corrected chi connectivity index (χ0v) is 11.9. The summed E-state index contributed by atoms with van der Waals surface area (Å²) < 4.78 is 1.21. The lowest BCUT2D eigenvalue weighted by Gasteiger charge is -2.17. The fourth-order valence-corrected chi connectivity index (χ4v) is 2.59. The number of benzene rings is 1. The molecular weight excluding hydrogens is 315 g/mol. The highest BCUT2D eigenvalue weighted by Crippen LogP contribution is 2.28. The van der Waals surface area contributed by atoms with E-state index in [1.807, 2.05) is 6.92 Å². The molecule has 0 saturated carbocycles. The highest BCUT2D eigenvalue weighted by atomic mass is 127. The van der Waals surface area contributed by atoms with E-state index < -0.39 is 0 Å². The van der Waals surface area contributed by atoms with Gasteiger partial charge in [0.2, 0.25) is 0 Å². The largest absolute Gasteiger partial charge is 0.326 e. The number of rotatable bonds is 3. The number of azide groups is 1. The summed E-state index contributed by atoms with van der Waals surface area (Å²) in [4.78, 5) is 2.81. The Morgan fingerprint density at radius 3 is 2.25 bits per heavy atom. The Bertz CT molecular complexity index is 462. The van der Waals surface area contributed by atoms with E-state index >= 15 is 0 Å². The highest BCUT2D eigenvalue weighted by molar-refractivity contribution is 14.1. The van der Waals surface area contributed by atoms with Gasteiger partial charge in [0.1, 0.15) is 0 Å². The summed E-state index contributed by atoms with van der Waals surface area (Å²) in [7, 11) is 0. The Balaban J connectivity index is 3.48. The van der Waals surface area contributed by atoms with Crippen molar-refractivity contribution in [2.24, 2.45) is 10.8 Å². The summed E-state index contributed by atoms with van der Waals surface area (Å²) in [6, 6.07) is 0. The van der Waals surface area contributed by atoms with Gasteiger partial charge in [0, 0.05) is 15.0 Å². The van der Waals surface area contributed by atoms with Gasteiger partial charge >= 0.3 is 0 Å². The fraction of sp³-hybridized carbons (Fsp3) is 0.455. The van der Waals surface area contributed by atoms with Crippen LogP contribution in [0.1, 0.15) is 27.8 Å². The third-order valence-corrected chi connectivity index (χ3v) is 4.58. The van der Waals surface area contributed by atoms with Crippen LogP contribution in [0.3, 0.4) is 0 Å². The number of hydrogen-bond donors (Lipinski definition) is 1. The van der Waals surface area contributed by atoms with Crippen molar-refractivity contribution in [1.82, 2.24) is 0 Å². The number of halogens is 1. The second kappa shape index (κ2) is 5.52. The Hall–Kier alpha value is -0.780. The zero-order valence-electron chi connectivity index (χ0n) is 9.71. The van der Waals surface area contributed by atoms with Crippen molar-refractivity contribution in [3.63, 3.8) is 0 Å². The van der Waals surface area contributed by atoms with Crippen LogP contribution in [0.15, 0.2) is 5.11 Å². The van der Waals surface area contributed by atoms with Crippen molar-refractivity contribution in [3.8, 4) is 0 Å². The first-order valence-corrected chi connectivity index (χ1v) is 6.10. The van der Waals surface area contributed by atoms with Gasteiger partial charge in [0.15, 0.2) is 0 Å². The maximum Gasteiger partial charge on any atom is 0.0516 e. The Labute approximate surface area is 109 Å². The molecule has 0 aliphatic carbocycles. The molecule has 0 unspecified atom stereocenters. The molecule has 0 saturated heterocycles. The van der Waals surface area contributed by atoms with Gasteiger partial charge in [-0.25, -0.2) is 0 Å². The Kier molecular flexibility index (Phi) is 4.58. The third-order valence-electron chi connectivity index (χ3n) is 2.97. The lowest BCUT2D eigenvalue weighted by Crippen LogP contribution is -2.08. The summed E-state index contributed by atoms with van der Waals surface area (Å²) >= 11 is 2.32. The van der Waals surface area contributed by atoms with E-state index in [9.17, 15) is 0 Å². The Morgan fingerprint density at radius 1 is 1.19 bits per heavy atom. The third kappa shape index (κ3) is 2.31. The van der Waals surface area contributed by atoms with Gasteiger partial charge in [-0.3, -0.25) is 0 Å². The molecule has 16 heavy (non-hydrogen) atoms. The maximum absolute atomic E-state index is 8.39. The molecule has 0 bridgehead atoms. The average Bonchev–Trinajstić information content (AvgIpc) is 2.27. The molecule has 1 rings (SSSR count). The van der Waals surface area contributed by atoms with Gasteiger partial charge in [0.05, 0.1) is 6.54 Å². The standard InChI is InChI=1S/C11H15IN4/c1-6-9(4-13)7(2)11(12)8(3)10(6)5-15-16-14/h4-5,13H2,1-3H3. The first kappa shape index (κ1) is 13.3. The first-order chi connectivity index (χ1) is 7.54. The predicted octanol–water partition coefficient (Wildman–Crippen LogP) is 3.49. The van der Waals surface area contributed by atoms with Gasteiger partial charge in [0.25, 0.3) is 0 Å². The number of hydrogen-bond acceptors (Lipinski definition) is 2. The van der Waals surface area contributed by atoms with Gasteiger partial charge in [-0.05, 0) is 76.7 Å². The highest BCUT2D eigenvalue weighted by Gasteiger charge is 2.13. The van der Waals surface area contributed by atoms with Crippen molar-refractivity contribution in [3.05, 3.63) is 41.8 Å². The molecular formula is C11H15IN4. The molecule has 0 aliphatic heterocycles. The minimum atomic E-state index is 0.400. The van der Waals surface area contributed by atoms with Crippen LogP contribution in [0.25, 0.3) is 10.4 Å². The number of nitrogens with zero attached hydrogens (tertiary/aromatic N) is 3. The molecule has 0 amide bonds. The molecule has 0 radical (unpaired) electrons. The van der Waals surface area contributed by atoms with Crippen molar-refractivity contribution in [2.45, 2.75) is 33.9 Å². The first-order valence-electron chi connectivity index (χ1n) is 5.02. The van der Waals surface area contributed by atoms with Crippen molar-refractivity contribution >= 4 is 22.6 Å². The van der Waals surface area contributed by atoms with Crippen LogP contribution in [0.4, 0.5) is 0 Å². The molecule has 1 aromatic carbocycles. The minimum absolute atomic E-state index is 0.400. The van der Waals surface area contributed by atoms with Crippen molar-refractivity contribution in [2.75, 3.05) is 0 Å². The van der Waals surface area contributed by atoms with Crippen LogP contribution in [-0.4, -0.2) is 0 Å². The zero-order chi connectivity index (χ0) is 12.3. The summed E-state index contributed by atoms with van der Waals surface area (Å²) in [5.74, 6) is 0. The summed E-state index contributed by atoms with van der Waals surface area (Å²) in [6.45, 7) is 7.11. The second-order valence-corrected chi connectivity index (χ2v) is 4.82. The maximum atomic E-state index is 8.39. The predicted molar refractivity (Wildman–Crippen MR) is 74.1 cm³/mol. The molecule has 0 atom stereocenters. The van der Waals surface area contributed by atoms with E-state index in [4.69, 9.17) is 11.3 Å². The fourth-order valence-electron chi connectivity index (χ4n) is 1.94. The second-order valence-electron chi connectivity index (χ2n) is 3.74. The van der Waals surface area contributed by atoms with Crippen LogP contribution in [0.5, 0.6) is 0 Å². The van der Waals surface area contributed by atoms with Crippen LogP contribution in [0, 0.1) is 24.3 Å². The monoisotopic (exact) mass is 330 g/mol. The van der Waals surface area contributed by atoms with Crippen LogP contribution in [-0.2, 0) is 13.1 Å². The molecule has 4 nitrogen and oxygen atoms in total. The summed E-state index contributed by atoms with van der Waals surface area (Å²) in [5.41, 5.74) is 20.0. The quantitative estimate of drug-likeness (QED) is 0.392. The Morgan fingerprint density at radius 2 is 1.75 bits per heavy atom. The van der Waals surface area contributed by atoms with E-state index in [-0.39, 0.29) is 0 Å². The van der Waals surface area contributed by atoms with Crippen LogP contribution >= 0.6 is 22.6 Å². The van der Waals surface area contributed by atoms with E-state index in [2.05, 4.69) is 46.5 Å². The van der Waals surface area contributed by atoms with Gasteiger partial charge < -0.3 is 5.73 Å². The molecule has 0 fully saturated rings. The van der Waals surface area contributed by atoms with E-state index in [1.54, 1.807) is 0 Å². The van der Waals surface area contributed by atoms with E-state index in [1.165, 1.54) is 14.7 Å². The number of nitrogens with two attached hydrogens (primary N) is 1. The normalized spacial score (nSPS) is 10.1. The van der Waals surface area contributed by atoms with Crippen molar-refractivity contribution in [1.29, 1.82) is 0 Å². The summed E-state index contributed by atoms with van der Waals surface area (Å²) in [5, 5.41) is 3.65. The SMILES string of the molecule is Cc1c(I)c(C)c(CN=[N+]=[N-])c(C)c1CN. The van der Waals surface area contributed by atoms with Crippen LogP contribution in [0.2, 0.25) is 0 Å².